The quantitative estimate of drug-likeness (QED) is 0.286. The van der Waals surface area contributed by atoms with Crippen molar-refractivity contribution in [2.75, 3.05) is 31.1 Å². The predicted octanol–water partition coefficient (Wildman–Crippen LogP) is 4.03. The Morgan fingerprint density at radius 3 is 2.61 bits per heavy atom. The molecule has 0 amide bonds. The van der Waals surface area contributed by atoms with Crippen molar-refractivity contribution in [1.29, 1.82) is 0 Å². The Morgan fingerprint density at radius 2 is 1.90 bits per heavy atom. The second kappa shape index (κ2) is 11.4. The summed E-state index contributed by atoms with van der Waals surface area (Å²) < 4.78 is 2.10. The van der Waals surface area contributed by atoms with Gasteiger partial charge in [-0.1, -0.05) is 24.3 Å². The minimum Gasteiger partial charge on any atom is -0.371 e. The van der Waals surface area contributed by atoms with E-state index in [2.05, 4.69) is 88.6 Å². The first kappa shape index (κ1) is 23.4. The molecule has 0 spiro atoms. The van der Waals surface area contributed by atoms with E-state index in [9.17, 15) is 0 Å². The lowest BCUT2D eigenvalue weighted by Crippen LogP contribution is -2.48. The van der Waals surface area contributed by atoms with E-state index in [0.29, 0.717) is 6.04 Å². The van der Waals surface area contributed by atoms with Gasteiger partial charge in [-0.25, -0.2) is 4.98 Å². The molecule has 0 radical (unpaired) electrons. The number of aliphatic imine (C=N–C) groups is 1. The molecule has 2 N–H and O–H groups in total. The summed E-state index contributed by atoms with van der Waals surface area (Å²) in [4.78, 5) is 12.0. The van der Waals surface area contributed by atoms with E-state index >= 15 is 0 Å². The standard InChI is InChI=1S/C24H32N6.HI/c1-3-25-24(26-14-11-21-18-30-15-7-8-19(2)23(30)27-21)28-20-12-16-29(17-13-20)22-9-5-4-6-10-22;/h4-10,15,18,20H,3,11-14,16-17H2,1-2H3,(H2,25,26,28);1H. The molecule has 1 aliphatic rings. The van der Waals surface area contributed by atoms with Gasteiger partial charge >= 0.3 is 0 Å². The number of nitrogens with one attached hydrogen (secondary N) is 2. The summed E-state index contributed by atoms with van der Waals surface area (Å²) in [6, 6.07) is 15.3. The number of hydrogen-bond acceptors (Lipinski definition) is 3. The highest BCUT2D eigenvalue weighted by molar-refractivity contribution is 14.0. The zero-order valence-corrected chi connectivity index (χ0v) is 20.8. The summed E-state index contributed by atoms with van der Waals surface area (Å²) in [5.74, 6) is 0.913. The summed E-state index contributed by atoms with van der Waals surface area (Å²) in [6.07, 6.45) is 7.23. The third-order valence-electron chi connectivity index (χ3n) is 5.67. The highest BCUT2D eigenvalue weighted by Crippen LogP contribution is 2.19. The maximum Gasteiger partial charge on any atom is 0.191 e. The van der Waals surface area contributed by atoms with Gasteiger partial charge in [-0.2, -0.15) is 0 Å². The molecule has 1 aromatic carbocycles. The molecule has 166 valence electrons. The first-order valence-corrected chi connectivity index (χ1v) is 11.0. The van der Waals surface area contributed by atoms with E-state index in [1.165, 1.54) is 11.3 Å². The summed E-state index contributed by atoms with van der Waals surface area (Å²) >= 11 is 0. The molecule has 2 aromatic heterocycles. The van der Waals surface area contributed by atoms with E-state index < -0.39 is 0 Å². The van der Waals surface area contributed by atoms with Crippen molar-refractivity contribution in [1.82, 2.24) is 20.0 Å². The van der Waals surface area contributed by atoms with Crippen LogP contribution in [0.25, 0.3) is 5.65 Å². The number of piperidine rings is 1. The van der Waals surface area contributed by atoms with Gasteiger partial charge in [-0.15, -0.1) is 24.0 Å². The van der Waals surface area contributed by atoms with Crippen molar-refractivity contribution in [2.24, 2.45) is 4.99 Å². The summed E-state index contributed by atoms with van der Waals surface area (Å²) in [5.41, 5.74) is 4.63. The fourth-order valence-electron chi connectivity index (χ4n) is 4.04. The second-order valence-electron chi connectivity index (χ2n) is 7.91. The number of fused-ring (bicyclic) bond motifs is 1. The predicted molar refractivity (Wildman–Crippen MR) is 140 cm³/mol. The maximum atomic E-state index is 4.80. The topological polar surface area (TPSA) is 57.0 Å². The monoisotopic (exact) mass is 532 g/mol. The Labute approximate surface area is 202 Å². The molecule has 31 heavy (non-hydrogen) atoms. The molecule has 1 saturated heterocycles. The van der Waals surface area contributed by atoms with Gasteiger partial charge in [0, 0.05) is 56.7 Å². The molecule has 6 nitrogen and oxygen atoms in total. The number of aryl methyl sites for hydroxylation is 1. The van der Waals surface area contributed by atoms with Crippen LogP contribution in [-0.4, -0.2) is 47.6 Å². The zero-order chi connectivity index (χ0) is 20.8. The molecular formula is C24H33IN6. The zero-order valence-electron chi connectivity index (χ0n) is 18.4. The van der Waals surface area contributed by atoms with Gasteiger partial charge in [0.1, 0.15) is 5.65 Å². The van der Waals surface area contributed by atoms with Crippen LogP contribution < -0.4 is 15.5 Å². The van der Waals surface area contributed by atoms with E-state index in [-0.39, 0.29) is 24.0 Å². The molecule has 4 rings (SSSR count). The first-order valence-electron chi connectivity index (χ1n) is 11.0. The number of benzene rings is 1. The number of nitrogens with zero attached hydrogens (tertiary/aromatic N) is 4. The number of aromatic nitrogens is 2. The fraction of sp³-hybridized carbons (Fsp3) is 0.417. The van der Waals surface area contributed by atoms with Gasteiger partial charge in [-0.05, 0) is 50.5 Å². The molecule has 0 atom stereocenters. The molecule has 0 saturated carbocycles. The van der Waals surface area contributed by atoms with Crippen molar-refractivity contribution >= 4 is 41.3 Å². The second-order valence-corrected chi connectivity index (χ2v) is 7.91. The minimum atomic E-state index is 0. The van der Waals surface area contributed by atoms with Gasteiger partial charge in [-0.3, -0.25) is 4.99 Å². The molecule has 0 bridgehead atoms. The Morgan fingerprint density at radius 1 is 1.13 bits per heavy atom. The van der Waals surface area contributed by atoms with Gasteiger partial charge < -0.3 is 19.9 Å². The highest BCUT2D eigenvalue weighted by atomic mass is 127. The number of halogens is 1. The molecular weight excluding hydrogens is 499 g/mol. The highest BCUT2D eigenvalue weighted by Gasteiger charge is 2.20. The van der Waals surface area contributed by atoms with E-state index in [1.54, 1.807) is 0 Å². The SMILES string of the molecule is CCNC(=NCCc1cn2cccc(C)c2n1)NC1CCN(c2ccccc2)CC1.I. The number of hydrogen-bond donors (Lipinski definition) is 2. The van der Waals surface area contributed by atoms with Crippen LogP contribution in [0.1, 0.15) is 31.0 Å². The number of guanidine groups is 1. The molecule has 0 unspecified atom stereocenters. The molecule has 1 fully saturated rings. The Bertz CT molecular complexity index is 976. The van der Waals surface area contributed by atoms with Gasteiger partial charge in [0.05, 0.1) is 5.69 Å². The molecule has 7 heteroatoms. The van der Waals surface area contributed by atoms with Gasteiger partial charge in [0.2, 0.25) is 0 Å². The average Bonchev–Trinajstić information content (AvgIpc) is 3.19. The van der Waals surface area contributed by atoms with Crippen molar-refractivity contribution < 1.29 is 0 Å². The largest absolute Gasteiger partial charge is 0.371 e. The van der Waals surface area contributed by atoms with Crippen molar-refractivity contribution in [3.63, 3.8) is 0 Å². The summed E-state index contributed by atoms with van der Waals surface area (Å²) in [7, 11) is 0. The third-order valence-corrected chi connectivity index (χ3v) is 5.67. The lowest BCUT2D eigenvalue weighted by Gasteiger charge is -2.34. The van der Waals surface area contributed by atoms with Crippen LogP contribution in [0.2, 0.25) is 0 Å². The van der Waals surface area contributed by atoms with Crippen LogP contribution in [0.5, 0.6) is 0 Å². The normalized spacial score (nSPS) is 15.0. The number of para-hydroxylation sites is 1. The van der Waals surface area contributed by atoms with Gasteiger partial charge in [0.15, 0.2) is 5.96 Å². The Kier molecular flexibility index (Phi) is 8.57. The van der Waals surface area contributed by atoms with E-state index in [0.717, 1.165) is 62.7 Å². The van der Waals surface area contributed by atoms with Crippen molar-refractivity contribution in [2.45, 2.75) is 39.2 Å². The number of anilines is 1. The minimum absolute atomic E-state index is 0. The number of rotatable bonds is 6. The molecule has 1 aliphatic heterocycles. The van der Waals surface area contributed by atoms with Crippen LogP contribution >= 0.6 is 24.0 Å². The third kappa shape index (κ3) is 6.12. The van der Waals surface area contributed by atoms with Crippen molar-refractivity contribution in [3.8, 4) is 0 Å². The molecule has 3 heterocycles. The van der Waals surface area contributed by atoms with E-state index in [1.807, 2.05) is 0 Å². The summed E-state index contributed by atoms with van der Waals surface area (Å²) in [5, 5.41) is 7.03. The van der Waals surface area contributed by atoms with Crippen LogP contribution in [0.3, 0.4) is 0 Å². The number of pyridine rings is 1. The molecule has 0 aliphatic carbocycles. The Balaban J connectivity index is 0.00000272. The van der Waals surface area contributed by atoms with Crippen LogP contribution in [-0.2, 0) is 6.42 Å². The van der Waals surface area contributed by atoms with Gasteiger partial charge in [0.25, 0.3) is 0 Å². The smallest absolute Gasteiger partial charge is 0.191 e. The van der Waals surface area contributed by atoms with E-state index in [4.69, 9.17) is 9.98 Å². The lowest BCUT2D eigenvalue weighted by atomic mass is 10.0. The van der Waals surface area contributed by atoms with Crippen molar-refractivity contribution in [3.05, 3.63) is 66.1 Å². The fourth-order valence-corrected chi connectivity index (χ4v) is 4.04. The molecule has 3 aromatic rings. The van der Waals surface area contributed by atoms with Crippen LogP contribution in [0.15, 0.2) is 59.9 Å². The van der Waals surface area contributed by atoms with Crippen LogP contribution in [0, 0.1) is 6.92 Å². The van der Waals surface area contributed by atoms with Crippen LogP contribution in [0.4, 0.5) is 5.69 Å². The summed E-state index contributed by atoms with van der Waals surface area (Å²) in [6.45, 7) is 7.94. The Hall–Kier alpha value is -2.29. The first-order chi connectivity index (χ1) is 14.7. The lowest BCUT2D eigenvalue weighted by molar-refractivity contribution is 0.461. The maximum absolute atomic E-state index is 4.80. The number of imidazole rings is 1. The average molecular weight is 532 g/mol.